The zero-order valence-electron chi connectivity index (χ0n) is 19.6. The van der Waals surface area contributed by atoms with Gasteiger partial charge in [-0.15, -0.1) is 0 Å². The van der Waals surface area contributed by atoms with Crippen LogP contribution >= 0.6 is 0 Å². The molecular weight excluding hydrogens is 462 g/mol. The molecule has 1 N–H and O–H groups in total. The first kappa shape index (κ1) is 23.8. The zero-order valence-corrected chi connectivity index (χ0v) is 19.6. The van der Waals surface area contributed by atoms with Gasteiger partial charge in [0, 0.05) is 24.8 Å². The molecule has 0 unspecified atom stereocenters. The van der Waals surface area contributed by atoms with E-state index in [9.17, 15) is 5.11 Å². The number of β-amino-alcohol motifs (C(OH)–C–C–N with tert-alkyl or cyclic N) is 1. The molecule has 0 aliphatic carbocycles. The molecule has 1 aliphatic rings. The summed E-state index contributed by atoms with van der Waals surface area (Å²) in [7, 11) is 0. The molecule has 0 radical (unpaired) electrons. The molecule has 0 amide bonds. The summed E-state index contributed by atoms with van der Waals surface area (Å²) in [5.74, 6) is -1.09. The van der Waals surface area contributed by atoms with E-state index in [0.29, 0.717) is 31.8 Å². The second-order valence-corrected chi connectivity index (χ2v) is 8.72. The highest BCUT2D eigenvalue weighted by atomic mass is 19.1. The van der Waals surface area contributed by atoms with Gasteiger partial charge in [0.05, 0.1) is 17.2 Å². The summed E-state index contributed by atoms with van der Waals surface area (Å²) in [6.45, 7) is 1.36. The largest absolute Gasteiger partial charge is 0.473 e. The first-order valence-corrected chi connectivity index (χ1v) is 11.8. The van der Waals surface area contributed by atoms with Gasteiger partial charge in [-0.25, -0.2) is 8.78 Å². The van der Waals surface area contributed by atoms with Crippen LogP contribution in [-0.2, 0) is 13.2 Å². The van der Waals surface area contributed by atoms with Crippen LogP contribution in [0.5, 0.6) is 11.8 Å². The monoisotopic (exact) mass is 488 g/mol. The quantitative estimate of drug-likeness (QED) is 0.342. The van der Waals surface area contributed by atoms with E-state index >= 15 is 8.78 Å². The van der Waals surface area contributed by atoms with Crippen LogP contribution in [0.25, 0.3) is 11.1 Å². The van der Waals surface area contributed by atoms with Crippen molar-refractivity contribution < 1.29 is 23.4 Å². The third kappa shape index (κ3) is 5.47. The van der Waals surface area contributed by atoms with Crippen LogP contribution in [0.1, 0.15) is 17.5 Å². The number of aromatic nitrogens is 1. The number of aliphatic hydroxyl groups is 1. The third-order valence-corrected chi connectivity index (χ3v) is 6.11. The van der Waals surface area contributed by atoms with Crippen molar-refractivity contribution in [3.8, 4) is 22.9 Å². The van der Waals surface area contributed by atoms with Crippen molar-refractivity contribution in [2.24, 2.45) is 0 Å². The van der Waals surface area contributed by atoms with Crippen LogP contribution in [-0.4, -0.2) is 29.3 Å². The number of anilines is 1. The molecular formula is C29H26F2N2O3. The lowest BCUT2D eigenvalue weighted by Gasteiger charge is -2.20. The van der Waals surface area contributed by atoms with Crippen LogP contribution < -0.4 is 14.4 Å². The highest BCUT2D eigenvalue weighted by Gasteiger charge is 2.25. The normalized spacial score (nSPS) is 15.2. The number of nitrogens with zero attached hydrogens (tertiary/aromatic N) is 2. The van der Waals surface area contributed by atoms with Crippen LogP contribution in [0.3, 0.4) is 0 Å². The third-order valence-electron chi connectivity index (χ3n) is 6.11. The fraction of sp³-hybridized carbons (Fsp3) is 0.207. The molecule has 4 aromatic rings. The molecule has 0 spiro atoms. The molecule has 1 saturated heterocycles. The molecule has 2 heterocycles. The number of pyridine rings is 1. The molecule has 1 fully saturated rings. The lowest BCUT2D eigenvalue weighted by Crippen LogP contribution is -2.21. The van der Waals surface area contributed by atoms with Crippen molar-refractivity contribution >= 4 is 5.69 Å². The predicted octanol–water partition coefficient (Wildman–Crippen LogP) is 5.76. The van der Waals surface area contributed by atoms with Gasteiger partial charge in [0.25, 0.3) is 0 Å². The van der Waals surface area contributed by atoms with Crippen molar-refractivity contribution in [3.05, 3.63) is 108 Å². The van der Waals surface area contributed by atoms with Crippen molar-refractivity contribution in [2.45, 2.75) is 25.7 Å². The molecule has 0 saturated carbocycles. The lowest BCUT2D eigenvalue weighted by atomic mass is 10.0. The van der Waals surface area contributed by atoms with Gasteiger partial charge in [0.1, 0.15) is 24.8 Å². The summed E-state index contributed by atoms with van der Waals surface area (Å²) in [5.41, 5.74) is 2.23. The van der Waals surface area contributed by atoms with Gasteiger partial charge in [-0.3, -0.25) is 0 Å². The molecule has 7 heteroatoms. The summed E-state index contributed by atoms with van der Waals surface area (Å²) in [5, 5.41) is 9.80. The number of aliphatic hydroxyl groups excluding tert-OH is 1. The van der Waals surface area contributed by atoms with Gasteiger partial charge in [0.15, 0.2) is 0 Å². The first-order chi connectivity index (χ1) is 17.6. The number of halogens is 2. The maximum Gasteiger partial charge on any atom is 0.225 e. The molecule has 3 aromatic carbocycles. The lowest BCUT2D eigenvalue weighted by molar-refractivity contribution is 0.198. The van der Waals surface area contributed by atoms with Crippen LogP contribution in [0, 0.1) is 11.6 Å². The van der Waals surface area contributed by atoms with E-state index in [1.807, 2.05) is 60.7 Å². The molecule has 5 nitrogen and oxygen atoms in total. The second-order valence-electron chi connectivity index (χ2n) is 8.72. The minimum atomic E-state index is -0.726. The highest BCUT2D eigenvalue weighted by molar-refractivity contribution is 5.72. The molecule has 0 bridgehead atoms. The smallest absolute Gasteiger partial charge is 0.225 e. The average Bonchev–Trinajstić information content (AvgIpc) is 3.34. The van der Waals surface area contributed by atoms with Gasteiger partial charge in [0.2, 0.25) is 11.8 Å². The second kappa shape index (κ2) is 10.7. The van der Waals surface area contributed by atoms with Crippen LogP contribution in [0.2, 0.25) is 0 Å². The Morgan fingerprint density at radius 2 is 1.44 bits per heavy atom. The highest BCUT2D eigenvalue weighted by Crippen LogP contribution is 2.37. The van der Waals surface area contributed by atoms with Crippen LogP contribution in [0.15, 0.2) is 84.9 Å². The summed E-state index contributed by atoms with van der Waals surface area (Å²) in [4.78, 5) is 6.22. The van der Waals surface area contributed by atoms with Gasteiger partial charge < -0.3 is 19.5 Å². The Morgan fingerprint density at radius 3 is 2.03 bits per heavy atom. The molecule has 36 heavy (non-hydrogen) atoms. The maximum absolute atomic E-state index is 15.3. The average molecular weight is 489 g/mol. The number of ether oxygens (including phenoxy) is 2. The Hall–Kier alpha value is -3.97. The SMILES string of the molecule is O[C@@H]1CCN(c2cc(F)c(-c3ccc(OCc4ccccc4)nc3OCc3ccccc3)c(F)c2)C1. The van der Waals surface area contributed by atoms with Crippen molar-refractivity contribution in [1.29, 1.82) is 0 Å². The van der Waals surface area contributed by atoms with Crippen molar-refractivity contribution in [3.63, 3.8) is 0 Å². The van der Waals surface area contributed by atoms with Gasteiger partial charge in [-0.2, -0.15) is 4.98 Å². The van der Waals surface area contributed by atoms with E-state index in [1.54, 1.807) is 17.0 Å². The van der Waals surface area contributed by atoms with E-state index < -0.39 is 17.7 Å². The maximum atomic E-state index is 15.3. The summed E-state index contributed by atoms with van der Waals surface area (Å²) < 4.78 is 42.4. The minimum absolute atomic E-state index is 0.0755. The fourth-order valence-electron chi connectivity index (χ4n) is 4.24. The van der Waals surface area contributed by atoms with Gasteiger partial charge in [-0.05, 0) is 35.7 Å². The standard InChI is InChI=1S/C29H26F2N2O3/c30-25-15-22(33-14-13-23(34)17-33)16-26(31)28(25)24-11-12-27(35-18-20-7-3-1-4-8-20)32-29(24)36-19-21-9-5-2-6-10-21/h1-12,15-16,23,34H,13-14,17-19H2/t23-/m1/s1. The number of hydrogen-bond acceptors (Lipinski definition) is 5. The van der Waals surface area contributed by atoms with E-state index in [4.69, 9.17) is 9.47 Å². The van der Waals surface area contributed by atoms with Crippen LogP contribution in [0.4, 0.5) is 14.5 Å². The summed E-state index contributed by atoms with van der Waals surface area (Å²) in [6.07, 6.45) is 0.0676. The molecule has 1 aromatic heterocycles. The fourth-order valence-corrected chi connectivity index (χ4v) is 4.24. The Labute approximate surface area is 208 Å². The Morgan fingerprint density at radius 1 is 0.833 bits per heavy atom. The van der Waals surface area contributed by atoms with E-state index in [2.05, 4.69) is 4.98 Å². The number of benzene rings is 3. The zero-order chi connectivity index (χ0) is 24.9. The Bertz CT molecular complexity index is 1300. The molecule has 1 aliphatic heterocycles. The Kier molecular flexibility index (Phi) is 7.09. The number of rotatable bonds is 8. The predicted molar refractivity (Wildman–Crippen MR) is 134 cm³/mol. The topological polar surface area (TPSA) is 54.8 Å². The molecule has 184 valence electrons. The minimum Gasteiger partial charge on any atom is -0.473 e. The first-order valence-electron chi connectivity index (χ1n) is 11.8. The number of hydrogen-bond donors (Lipinski definition) is 1. The molecule has 5 rings (SSSR count). The molecule has 1 atom stereocenters. The summed E-state index contributed by atoms with van der Waals surface area (Å²) in [6, 6.07) is 24.8. The van der Waals surface area contributed by atoms with E-state index in [0.717, 1.165) is 11.1 Å². The van der Waals surface area contributed by atoms with E-state index in [1.165, 1.54) is 12.1 Å². The van der Waals surface area contributed by atoms with Gasteiger partial charge in [-0.1, -0.05) is 60.7 Å². The van der Waals surface area contributed by atoms with Crippen molar-refractivity contribution in [1.82, 2.24) is 4.98 Å². The van der Waals surface area contributed by atoms with Crippen molar-refractivity contribution in [2.75, 3.05) is 18.0 Å². The summed E-state index contributed by atoms with van der Waals surface area (Å²) >= 11 is 0. The van der Waals surface area contributed by atoms with Gasteiger partial charge >= 0.3 is 0 Å². The Balaban J connectivity index is 1.46. The van der Waals surface area contributed by atoms with E-state index in [-0.39, 0.29) is 29.5 Å².